The number of benzene rings is 1. The molecule has 1 N–H and O–H groups in total. The van der Waals surface area contributed by atoms with E-state index in [1.807, 2.05) is 6.07 Å². The fourth-order valence-electron chi connectivity index (χ4n) is 1.43. The third kappa shape index (κ3) is 1.77. The number of hydrogen-bond acceptors (Lipinski definition) is 2. The maximum atomic E-state index is 13.0. The van der Waals surface area contributed by atoms with Crippen molar-refractivity contribution in [2.45, 2.75) is 6.92 Å². The van der Waals surface area contributed by atoms with Gasteiger partial charge >= 0.3 is 0 Å². The number of aryl methyl sites for hydroxylation is 1. The van der Waals surface area contributed by atoms with E-state index in [-0.39, 0.29) is 10.7 Å². The molecule has 0 aliphatic carbocycles. The van der Waals surface area contributed by atoms with Crippen molar-refractivity contribution in [2.75, 3.05) is 0 Å². The highest BCUT2D eigenvalue weighted by molar-refractivity contribution is 6.31. The first-order chi connectivity index (χ1) is 7.61. The molecule has 16 heavy (non-hydrogen) atoms. The van der Waals surface area contributed by atoms with Gasteiger partial charge in [-0.3, -0.25) is 0 Å². The van der Waals surface area contributed by atoms with E-state index in [2.05, 4.69) is 9.97 Å². The van der Waals surface area contributed by atoms with Gasteiger partial charge in [0.2, 0.25) is 0 Å². The maximum Gasteiger partial charge on any atom is 0.166 e. The topological polar surface area (TPSA) is 52.5 Å². The average molecular weight is 236 g/mol. The lowest BCUT2D eigenvalue weighted by Gasteiger charge is -2.00. The Hall–Kier alpha value is -1.86. The number of nitriles is 1. The monoisotopic (exact) mass is 235 g/mol. The Balaban J connectivity index is 2.59. The average Bonchev–Trinajstić information content (AvgIpc) is 2.63. The molecule has 0 atom stereocenters. The molecule has 0 aliphatic rings. The van der Waals surface area contributed by atoms with Crippen molar-refractivity contribution in [3.8, 4) is 17.3 Å². The van der Waals surface area contributed by atoms with Crippen LogP contribution in [0.25, 0.3) is 11.3 Å². The highest BCUT2D eigenvalue weighted by Gasteiger charge is 2.11. The Bertz CT molecular complexity index is 583. The molecule has 1 heterocycles. The van der Waals surface area contributed by atoms with Crippen molar-refractivity contribution in [2.24, 2.45) is 0 Å². The molecule has 0 saturated heterocycles. The molecule has 0 spiro atoms. The fraction of sp³-hybridized carbons (Fsp3) is 0.0909. The molecule has 80 valence electrons. The van der Waals surface area contributed by atoms with Gasteiger partial charge in [-0.25, -0.2) is 9.37 Å². The van der Waals surface area contributed by atoms with Crippen LogP contribution in [0.4, 0.5) is 4.39 Å². The SMILES string of the molecule is Cc1nc(C#N)c(-c2ccc(F)c(Cl)c2)[nH]1. The van der Waals surface area contributed by atoms with E-state index in [1.54, 1.807) is 13.0 Å². The number of aromatic nitrogens is 2. The van der Waals surface area contributed by atoms with E-state index in [4.69, 9.17) is 16.9 Å². The summed E-state index contributed by atoms with van der Waals surface area (Å²) in [5.74, 6) is 0.146. The first-order valence-electron chi connectivity index (χ1n) is 4.54. The van der Waals surface area contributed by atoms with E-state index in [1.165, 1.54) is 12.1 Å². The minimum atomic E-state index is -0.486. The van der Waals surface area contributed by atoms with Crippen LogP contribution < -0.4 is 0 Å². The van der Waals surface area contributed by atoms with E-state index in [0.29, 0.717) is 17.1 Å². The minimum Gasteiger partial charge on any atom is -0.341 e. The molecule has 1 aromatic heterocycles. The van der Waals surface area contributed by atoms with Crippen LogP contribution in [-0.4, -0.2) is 9.97 Å². The minimum absolute atomic E-state index is 0.0219. The Labute approximate surface area is 96.5 Å². The second-order valence-corrected chi connectivity index (χ2v) is 3.69. The highest BCUT2D eigenvalue weighted by atomic mass is 35.5. The number of nitrogens with zero attached hydrogens (tertiary/aromatic N) is 2. The lowest BCUT2D eigenvalue weighted by Crippen LogP contribution is -1.84. The summed E-state index contributed by atoms with van der Waals surface area (Å²) in [4.78, 5) is 6.95. The van der Waals surface area contributed by atoms with Crippen molar-refractivity contribution < 1.29 is 4.39 Å². The van der Waals surface area contributed by atoms with Crippen molar-refractivity contribution in [1.29, 1.82) is 5.26 Å². The predicted octanol–water partition coefficient (Wildman–Crippen LogP) is 3.05. The summed E-state index contributed by atoms with van der Waals surface area (Å²) in [6.45, 7) is 1.75. The van der Waals surface area contributed by atoms with E-state index < -0.39 is 5.82 Å². The lowest BCUT2D eigenvalue weighted by atomic mass is 10.1. The number of imidazole rings is 1. The summed E-state index contributed by atoms with van der Waals surface area (Å²) >= 11 is 5.67. The van der Waals surface area contributed by atoms with Crippen LogP contribution in [0.15, 0.2) is 18.2 Å². The van der Waals surface area contributed by atoms with E-state index in [9.17, 15) is 4.39 Å². The first-order valence-corrected chi connectivity index (χ1v) is 4.91. The smallest absolute Gasteiger partial charge is 0.166 e. The van der Waals surface area contributed by atoms with Crippen molar-refractivity contribution in [3.05, 3.63) is 40.6 Å². The summed E-state index contributed by atoms with van der Waals surface area (Å²) in [6, 6.07) is 6.24. The van der Waals surface area contributed by atoms with Gasteiger partial charge in [0, 0.05) is 5.56 Å². The standard InChI is InChI=1S/C11H7ClFN3/c1-6-15-10(5-14)11(16-6)7-2-3-9(13)8(12)4-7/h2-4H,1H3,(H,15,16). The molecule has 0 aliphatic heterocycles. The van der Waals surface area contributed by atoms with Gasteiger partial charge in [0.15, 0.2) is 5.69 Å². The van der Waals surface area contributed by atoms with Gasteiger partial charge < -0.3 is 4.98 Å². The number of hydrogen-bond donors (Lipinski definition) is 1. The van der Waals surface area contributed by atoms with Gasteiger partial charge in [0.25, 0.3) is 0 Å². The van der Waals surface area contributed by atoms with Gasteiger partial charge in [-0.2, -0.15) is 5.26 Å². The first kappa shape index (κ1) is 10.7. The Kier molecular flexibility index (Phi) is 2.63. The van der Waals surface area contributed by atoms with Crippen molar-refractivity contribution >= 4 is 11.6 Å². The third-order valence-electron chi connectivity index (χ3n) is 2.14. The Morgan fingerprint density at radius 1 is 1.50 bits per heavy atom. The molecule has 0 fully saturated rings. The highest BCUT2D eigenvalue weighted by Crippen LogP contribution is 2.25. The van der Waals surface area contributed by atoms with E-state index in [0.717, 1.165) is 0 Å². The lowest BCUT2D eigenvalue weighted by molar-refractivity contribution is 0.628. The van der Waals surface area contributed by atoms with Gasteiger partial charge in [0.1, 0.15) is 17.7 Å². The molecule has 0 radical (unpaired) electrons. The van der Waals surface area contributed by atoms with Gasteiger partial charge in [-0.05, 0) is 25.1 Å². The largest absolute Gasteiger partial charge is 0.341 e. The number of aromatic amines is 1. The number of halogens is 2. The zero-order valence-corrected chi connectivity index (χ0v) is 9.14. The van der Waals surface area contributed by atoms with Crippen molar-refractivity contribution in [1.82, 2.24) is 9.97 Å². The molecule has 0 unspecified atom stereocenters. The van der Waals surface area contributed by atoms with Crippen molar-refractivity contribution in [3.63, 3.8) is 0 Å². The zero-order chi connectivity index (χ0) is 11.7. The fourth-order valence-corrected chi connectivity index (χ4v) is 1.61. The van der Waals surface area contributed by atoms with Crippen LogP contribution in [0.1, 0.15) is 11.5 Å². The van der Waals surface area contributed by atoms with Crippen LogP contribution >= 0.6 is 11.6 Å². The van der Waals surface area contributed by atoms with Crippen LogP contribution in [0, 0.1) is 24.1 Å². The van der Waals surface area contributed by atoms with Crippen LogP contribution in [0.5, 0.6) is 0 Å². The predicted molar refractivity (Wildman–Crippen MR) is 58.4 cm³/mol. The summed E-state index contributed by atoms with van der Waals surface area (Å²) in [6.07, 6.45) is 0. The van der Waals surface area contributed by atoms with Crippen LogP contribution in [-0.2, 0) is 0 Å². The molecule has 0 bridgehead atoms. The number of H-pyrrole nitrogens is 1. The molecule has 1 aromatic carbocycles. The van der Waals surface area contributed by atoms with Crippen LogP contribution in [0.2, 0.25) is 5.02 Å². The van der Waals surface area contributed by atoms with Gasteiger partial charge in [-0.1, -0.05) is 11.6 Å². The molecular formula is C11H7ClFN3. The maximum absolute atomic E-state index is 13.0. The molecule has 0 saturated carbocycles. The van der Waals surface area contributed by atoms with E-state index >= 15 is 0 Å². The summed E-state index contributed by atoms with van der Waals surface area (Å²) < 4.78 is 13.0. The molecule has 2 aromatic rings. The number of nitrogens with one attached hydrogen (secondary N) is 1. The normalized spacial score (nSPS) is 10.1. The molecule has 0 amide bonds. The molecule has 3 nitrogen and oxygen atoms in total. The third-order valence-corrected chi connectivity index (χ3v) is 2.43. The Morgan fingerprint density at radius 3 is 2.88 bits per heavy atom. The molecule has 5 heteroatoms. The second-order valence-electron chi connectivity index (χ2n) is 3.29. The van der Waals surface area contributed by atoms with Crippen LogP contribution in [0.3, 0.4) is 0 Å². The Morgan fingerprint density at radius 2 is 2.25 bits per heavy atom. The van der Waals surface area contributed by atoms with Gasteiger partial charge in [0.05, 0.1) is 10.7 Å². The quantitative estimate of drug-likeness (QED) is 0.826. The van der Waals surface area contributed by atoms with Gasteiger partial charge in [-0.15, -0.1) is 0 Å². The summed E-state index contributed by atoms with van der Waals surface area (Å²) in [7, 11) is 0. The molecule has 2 rings (SSSR count). The second kappa shape index (κ2) is 3.95. The summed E-state index contributed by atoms with van der Waals surface area (Å²) in [5.41, 5.74) is 1.48. The summed E-state index contributed by atoms with van der Waals surface area (Å²) in [5, 5.41) is 8.90. The number of rotatable bonds is 1. The molecular weight excluding hydrogens is 229 g/mol. The zero-order valence-electron chi connectivity index (χ0n) is 8.38.